The monoisotopic (exact) mass is 592 g/mol. The maximum absolute atomic E-state index is 13.3. The van der Waals surface area contributed by atoms with Crippen LogP contribution in [0.25, 0.3) is 5.69 Å². The van der Waals surface area contributed by atoms with E-state index in [0.29, 0.717) is 47.9 Å². The van der Waals surface area contributed by atoms with Crippen molar-refractivity contribution in [2.75, 3.05) is 26.2 Å². The van der Waals surface area contributed by atoms with E-state index in [4.69, 9.17) is 21.1 Å². The topological polar surface area (TPSA) is 85.7 Å². The van der Waals surface area contributed by atoms with Gasteiger partial charge >= 0.3 is 12.3 Å². The van der Waals surface area contributed by atoms with E-state index in [1.165, 1.54) is 18.3 Å². The highest BCUT2D eigenvalue weighted by Crippen LogP contribution is 2.34. The zero-order chi connectivity index (χ0) is 29.8. The first-order valence-electron chi connectivity index (χ1n) is 13.2. The maximum Gasteiger partial charge on any atom is 0.416 e. The lowest BCUT2D eigenvalue weighted by Crippen LogP contribution is -2.41. The molecule has 1 saturated heterocycles. The minimum absolute atomic E-state index is 0.0287. The van der Waals surface area contributed by atoms with Crippen LogP contribution < -0.4 is 10.1 Å². The quantitative estimate of drug-likeness (QED) is 0.318. The number of rotatable bonds is 7. The molecular formula is C29H32ClF3N4O4. The average Bonchev–Trinajstić information content (AvgIpc) is 3.35. The van der Waals surface area contributed by atoms with Crippen LogP contribution in [-0.4, -0.2) is 58.5 Å². The van der Waals surface area contributed by atoms with Gasteiger partial charge < -0.3 is 19.7 Å². The summed E-state index contributed by atoms with van der Waals surface area (Å²) >= 11 is 6.22. The Bertz CT molecular complexity index is 1380. The molecule has 41 heavy (non-hydrogen) atoms. The molecule has 3 aromatic rings. The lowest BCUT2D eigenvalue weighted by Gasteiger charge is -2.34. The Morgan fingerprint density at radius 3 is 2.44 bits per heavy atom. The molecule has 2 heterocycles. The van der Waals surface area contributed by atoms with Gasteiger partial charge in [0.2, 0.25) is 0 Å². The van der Waals surface area contributed by atoms with E-state index in [9.17, 15) is 22.8 Å². The summed E-state index contributed by atoms with van der Waals surface area (Å²) in [6.45, 7) is 6.38. The van der Waals surface area contributed by atoms with Gasteiger partial charge in [-0.1, -0.05) is 23.7 Å². The Labute approximate surface area is 241 Å². The van der Waals surface area contributed by atoms with Gasteiger partial charge in [-0.15, -0.1) is 0 Å². The third-order valence-corrected chi connectivity index (χ3v) is 6.69. The fourth-order valence-corrected chi connectivity index (χ4v) is 4.78. The predicted octanol–water partition coefficient (Wildman–Crippen LogP) is 6.47. The fraction of sp³-hybridized carbons (Fsp3) is 0.414. The number of ether oxygens (including phenoxy) is 2. The summed E-state index contributed by atoms with van der Waals surface area (Å²) in [5.41, 5.74) is 0.325. The van der Waals surface area contributed by atoms with Gasteiger partial charge in [-0.2, -0.15) is 18.3 Å². The summed E-state index contributed by atoms with van der Waals surface area (Å²) in [5.74, 6) is -0.423. The first-order valence-corrected chi connectivity index (χ1v) is 13.6. The van der Waals surface area contributed by atoms with Crippen molar-refractivity contribution in [2.45, 2.75) is 51.3 Å². The Kier molecular flexibility index (Phi) is 9.16. The molecule has 0 spiro atoms. The van der Waals surface area contributed by atoms with Gasteiger partial charge in [-0.3, -0.25) is 4.79 Å². The molecule has 8 nitrogen and oxygen atoms in total. The van der Waals surface area contributed by atoms with Crippen LogP contribution in [0.4, 0.5) is 18.0 Å². The number of halogens is 4. The molecule has 1 aliphatic heterocycles. The number of carbonyl (C=O) groups excluding carboxylic acids is 2. The molecule has 4 rings (SSSR count). The van der Waals surface area contributed by atoms with Crippen molar-refractivity contribution in [1.29, 1.82) is 0 Å². The number of benzene rings is 2. The van der Waals surface area contributed by atoms with Crippen LogP contribution in [0, 0.1) is 0 Å². The van der Waals surface area contributed by atoms with Crippen molar-refractivity contribution >= 4 is 23.6 Å². The number of nitrogens with zero attached hydrogens (tertiary/aromatic N) is 3. The number of aromatic nitrogens is 2. The van der Waals surface area contributed by atoms with Crippen molar-refractivity contribution in [3.63, 3.8) is 0 Å². The fourth-order valence-electron chi connectivity index (χ4n) is 4.59. The molecule has 0 aliphatic carbocycles. The molecule has 1 fully saturated rings. The Hall–Kier alpha value is -3.73. The molecule has 0 atom stereocenters. The zero-order valence-corrected chi connectivity index (χ0v) is 23.8. The van der Waals surface area contributed by atoms with Gasteiger partial charge in [0.15, 0.2) is 0 Å². The highest BCUT2D eigenvalue weighted by molar-refractivity contribution is 6.30. The number of amides is 2. The molecule has 0 unspecified atom stereocenters. The SMILES string of the molecule is CC(C)(C)OC(=O)N1CCC(c2c(C(=O)NCCOc3cccc(C(F)(F)F)c3)cnn2-c2cccc(Cl)c2)CC1. The standard InChI is InChI=1S/C29H32ClF3N4O4/c1-28(2,3)41-27(39)36-13-10-19(11-14-36)25-24(18-35-37(25)22-8-5-7-21(30)17-22)26(38)34-12-15-40-23-9-4-6-20(16-23)29(31,32)33/h4-9,16-19H,10-15H2,1-3H3,(H,34,38). The first-order chi connectivity index (χ1) is 19.3. The second-order valence-electron chi connectivity index (χ2n) is 10.7. The van der Waals surface area contributed by atoms with Crippen LogP contribution in [-0.2, 0) is 10.9 Å². The van der Waals surface area contributed by atoms with Crippen molar-refractivity contribution in [2.24, 2.45) is 0 Å². The molecule has 1 aromatic heterocycles. The van der Waals surface area contributed by atoms with Crippen molar-refractivity contribution < 1.29 is 32.2 Å². The molecule has 0 saturated carbocycles. The summed E-state index contributed by atoms with van der Waals surface area (Å²) in [6, 6.07) is 11.7. The summed E-state index contributed by atoms with van der Waals surface area (Å²) in [5, 5.41) is 7.78. The molecule has 2 aromatic carbocycles. The number of hydrogen-bond acceptors (Lipinski definition) is 5. The van der Waals surface area contributed by atoms with Crippen molar-refractivity contribution in [3.8, 4) is 11.4 Å². The largest absolute Gasteiger partial charge is 0.492 e. The third-order valence-electron chi connectivity index (χ3n) is 6.45. The molecule has 1 aliphatic rings. The maximum atomic E-state index is 13.3. The lowest BCUT2D eigenvalue weighted by molar-refractivity contribution is -0.137. The Morgan fingerprint density at radius 1 is 1.07 bits per heavy atom. The van der Waals surface area contributed by atoms with Crippen LogP contribution in [0.2, 0.25) is 5.02 Å². The smallest absolute Gasteiger partial charge is 0.416 e. The molecule has 0 bridgehead atoms. The molecule has 2 amide bonds. The van der Waals surface area contributed by atoms with Gasteiger partial charge in [0.25, 0.3) is 5.91 Å². The molecule has 1 N–H and O–H groups in total. The number of likely N-dealkylation sites (tertiary alicyclic amines) is 1. The van der Waals surface area contributed by atoms with E-state index in [-0.39, 0.29) is 30.9 Å². The molecule has 0 radical (unpaired) electrons. The lowest BCUT2D eigenvalue weighted by atomic mass is 9.91. The Morgan fingerprint density at radius 2 is 1.78 bits per heavy atom. The summed E-state index contributed by atoms with van der Waals surface area (Å²) < 4.78 is 51.5. The molecular weight excluding hydrogens is 561 g/mol. The van der Waals surface area contributed by atoms with Gasteiger partial charge in [-0.25, -0.2) is 9.48 Å². The second kappa shape index (κ2) is 12.4. The van der Waals surface area contributed by atoms with Crippen LogP contribution in [0.5, 0.6) is 5.75 Å². The second-order valence-corrected chi connectivity index (χ2v) is 11.1. The molecule has 220 valence electrons. The van der Waals surface area contributed by atoms with E-state index >= 15 is 0 Å². The van der Waals surface area contributed by atoms with Gasteiger partial charge in [0.1, 0.15) is 18.0 Å². The van der Waals surface area contributed by atoms with Crippen LogP contribution in [0.15, 0.2) is 54.7 Å². The minimum atomic E-state index is -4.48. The normalized spacial score (nSPS) is 14.6. The highest BCUT2D eigenvalue weighted by Gasteiger charge is 2.33. The number of carbonyl (C=O) groups is 2. The van der Waals surface area contributed by atoms with E-state index in [1.54, 1.807) is 27.8 Å². The van der Waals surface area contributed by atoms with Crippen LogP contribution >= 0.6 is 11.6 Å². The number of alkyl halides is 3. The highest BCUT2D eigenvalue weighted by atomic mass is 35.5. The van der Waals surface area contributed by atoms with Crippen LogP contribution in [0.1, 0.15) is 61.1 Å². The van der Waals surface area contributed by atoms with Gasteiger partial charge in [0.05, 0.1) is 35.2 Å². The molecule has 12 heteroatoms. The van der Waals surface area contributed by atoms with Gasteiger partial charge in [-0.05, 0) is 70.0 Å². The first kappa shape index (κ1) is 30.2. The van der Waals surface area contributed by atoms with Crippen LogP contribution in [0.3, 0.4) is 0 Å². The summed E-state index contributed by atoms with van der Waals surface area (Å²) in [4.78, 5) is 27.5. The number of piperidine rings is 1. The van der Waals surface area contributed by atoms with E-state index in [2.05, 4.69) is 10.4 Å². The summed E-state index contributed by atoms with van der Waals surface area (Å²) in [6.07, 6.45) is -2.19. The van der Waals surface area contributed by atoms with Gasteiger partial charge in [0, 0.05) is 24.0 Å². The zero-order valence-electron chi connectivity index (χ0n) is 23.0. The van der Waals surface area contributed by atoms with E-state index in [0.717, 1.165) is 12.1 Å². The minimum Gasteiger partial charge on any atom is -0.492 e. The Balaban J connectivity index is 1.46. The number of hydrogen-bond donors (Lipinski definition) is 1. The summed E-state index contributed by atoms with van der Waals surface area (Å²) in [7, 11) is 0. The van der Waals surface area contributed by atoms with Crippen molar-refractivity contribution in [3.05, 3.63) is 76.6 Å². The van der Waals surface area contributed by atoms with E-state index in [1.807, 2.05) is 26.8 Å². The predicted molar refractivity (Wildman–Crippen MR) is 148 cm³/mol. The number of nitrogens with one attached hydrogen (secondary N) is 1. The average molecular weight is 593 g/mol. The third kappa shape index (κ3) is 7.93. The van der Waals surface area contributed by atoms with Crippen molar-refractivity contribution in [1.82, 2.24) is 20.0 Å². The van der Waals surface area contributed by atoms with E-state index < -0.39 is 23.2 Å².